The van der Waals surface area contributed by atoms with Crippen molar-refractivity contribution in [3.8, 4) is 16.9 Å². The third-order valence-electron chi connectivity index (χ3n) is 4.42. The van der Waals surface area contributed by atoms with Crippen molar-refractivity contribution in [1.82, 2.24) is 20.1 Å². The molecule has 5 nitrogen and oxygen atoms in total. The number of pyridine rings is 1. The van der Waals surface area contributed by atoms with Crippen molar-refractivity contribution in [3.63, 3.8) is 0 Å². The summed E-state index contributed by atoms with van der Waals surface area (Å²) in [7, 11) is 0. The van der Waals surface area contributed by atoms with E-state index in [0.717, 1.165) is 11.1 Å². The zero-order chi connectivity index (χ0) is 21.1. The Morgan fingerprint density at radius 3 is 2.50 bits per heavy atom. The van der Waals surface area contributed by atoms with Crippen LogP contribution in [-0.4, -0.2) is 20.7 Å². The topological polar surface area (TPSA) is 59.8 Å². The molecule has 0 bridgehead atoms. The lowest BCUT2D eigenvalue weighted by Gasteiger charge is -2.09. The van der Waals surface area contributed by atoms with E-state index >= 15 is 0 Å². The summed E-state index contributed by atoms with van der Waals surface area (Å²) in [6.45, 7) is 0.334. The predicted octanol–water partition coefficient (Wildman–Crippen LogP) is 5.82. The first-order valence-electron chi connectivity index (χ1n) is 9.00. The fraction of sp³-hybridized carbons (Fsp3) is 0.0455. The van der Waals surface area contributed by atoms with Gasteiger partial charge in [-0.2, -0.15) is 5.10 Å². The summed E-state index contributed by atoms with van der Waals surface area (Å²) in [4.78, 5) is 17.1. The normalized spacial score (nSPS) is 10.8. The van der Waals surface area contributed by atoms with Gasteiger partial charge < -0.3 is 5.32 Å². The molecule has 0 unspecified atom stereocenters. The van der Waals surface area contributed by atoms with E-state index in [1.165, 1.54) is 4.68 Å². The minimum atomic E-state index is -0.296. The molecule has 0 atom stereocenters. The number of nitrogens with zero attached hydrogens (tertiary/aromatic N) is 3. The van der Waals surface area contributed by atoms with Crippen LogP contribution in [0.4, 0.5) is 0 Å². The van der Waals surface area contributed by atoms with Gasteiger partial charge in [0.1, 0.15) is 5.69 Å². The first kappa shape index (κ1) is 20.4. The van der Waals surface area contributed by atoms with Gasteiger partial charge in [-0.3, -0.25) is 9.78 Å². The Bertz CT molecular complexity index is 1210. The van der Waals surface area contributed by atoms with Crippen molar-refractivity contribution in [2.75, 3.05) is 0 Å². The van der Waals surface area contributed by atoms with Crippen LogP contribution in [0.15, 0.2) is 73.1 Å². The molecule has 1 amide bonds. The molecule has 0 aliphatic carbocycles. The van der Waals surface area contributed by atoms with Crippen molar-refractivity contribution < 1.29 is 4.79 Å². The van der Waals surface area contributed by atoms with Gasteiger partial charge in [-0.1, -0.05) is 59.1 Å². The molecule has 8 heteroatoms. The monoisotopic (exact) mass is 456 g/mol. The number of rotatable bonds is 5. The minimum absolute atomic E-state index is 0.296. The van der Waals surface area contributed by atoms with E-state index in [4.69, 9.17) is 34.8 Å². The average Bonchev–Trinajstić information content (AvgIpc) is 3.20. The van der Waals surface area contributed by atoms with Crippen LogP contribution in [0.25, 0.3) is 16.9 Å². The van der Waals surface area contributed by atoms with Crippen LogP contribution in [0, 0.1) is 0 Å². The quantitative estimate of drug-likeness (QED) is 0.410. The van der Waals surface area contributed by atoms with Crippen molar-refractivity contribution >= 4 is 40.7 Å². The highest BCUT2D eigenvalue weighted by atomic mass is 35.5. The van der Waals surface area contributed by atoms with E-state index < -0.39 is 0 Å². The summed E-state index contributed by atoms with van der Waals surface area (Å²) in [5.74, 6) is -0.296. The Balaban J connectivity index is 1.74. The highest BCUT2D eigenvalue weighted by Gasteiger charge is 2.19. The Morgan fingerprint density at radius 2 is 1.77 bits per heavy atom. The van der Waals surface area contributed by atoms with Crippen molar-refractivity contribution in [2.45, 2.75) is 6.54 Å². The summed E-state index contributed by atoms with van der Waals surface area (Å²) >= 11 is 18.6. The molecule has 1 N–H and O–H groups in total. The van der Waals surface area contributed by atoms with Crippen LogP contribution in [-0.2, 0) is 6.54 Å². The molecule has 0 spiro atoms. The second kappa shape index (κ2) is 8.88. The SMILES string of the molecule is O=C(NCc1cccnc1)c1cc(-c2ccccc2Cl)nn1-c1ccc(Cl)c(Cl)c1. The van der Waals surface area contributed by atoms with Crippen molar-refractivity contribution in [2.24, 2.45) is 0 Å². The maximum absolute atomic E-state index is 13.0. The number of carbonyl (C=O) groups excluding carboxylic acids is 1. The van der Waals surface area contributed by atoms with Crippen LogP contribution in [0.2, 0.25) is 15.1 Å². The minimum Gasteiger partial charge on any atom is -0.347 e. The first-order valence-corrected chi connectivity index (χ1v) is 10.1. The Hall–Kier alpha value is -2.86. The average molecular weight is 458 g/mol. The molecule has 2 aromatic carbocycles. The van der Waals surface area contributed by atoms with Gasteiger partial charge >= 0.3 is 0 Å². The number of halogens is 3. The molecule has 4 aromatic rings. The number of nitrogens with one attached hydrogen (secondary N) is 1. The standard InChI is InChI=1S/C22H15Cl3N4O/c23-17-6-2-1-5-16(17)20-11-21(22(30)27-13-14-4-3-9-26-12-14)29(28-20)15-7-8-18(24)19(25)10-15/h1-12H,13H2,(H,27,30). The molecular formula is C22H15Cl3N4O. The van der Waals surface area contributed by atoms with E-state index in [2.05, 4.69) is 15.4 Å². The molecule has 0 fully saturated rings. The third-order valence-corrected chi connectivity index (χ3v) is 5.48. The molecule has 150 valence electrons. The molecular weight excluding hydrogens is 443 g/mol. The van der Waals surface area contributed by atoms with E-state index in [-0.39, 0.29) is 5.91 Å². The number of benzene rings is 2. The summed E-state index contributed by atoms with van der Waals surface area (Å²) in [6.07, 6.45) is 3.38. The first-order chi connectivity index (χ1) is 14.5. The Kier molecular flexibility index (Phi) is 6.04. The third kappa shape index (κ3) is 4.33. The Morgan fingerprint density at radius 1 is 0.933 bits per heavy atom. The van der Waals surface area contributed by atoms with Gasteiger partial charge in [-0.25, -0.2) is 4.68 Å². The number of aromatic nitrogens is 3. The fourth-order valence-corrected chi connectivity index (χ4v) is 3.46. The number of carbonyl (C=O) groups is 1. The highest BCUT2D eigenvalue weighted by molar-refractivity contribution is 6.42. The zero-order valence-electron chi connectivity index (χ0n) is 15.5. The second-order valence-corrected chi connectivity index (χ2v) is 7.67. The molecule has 0 aliphatic rings. The van der Waals surface area contributed by atoms with Crippen LogP contribution in [0.1, 0.15) is 16.1 Å². The number of amides is 1. The largest absolute Gasteiger partial charge is 0.347 e. The molecule has 0 saturated carbocycles. The van der Waals surface area contributed by atoms with Gasteiger partial charge in [0.05, 0.1) is 26.4 Å². The molecule has 0 radical (unpaired) electrons. The van der Waals surface area contributed by atoms with Gasteiger partial charge in [0.25, 0.3) is 5.91 Å². The van der Waals surface area contributed by atoms with Gasteiger partial charge in [-0.05, 0) is 42.0 Å². The van der Waals surface area contributed by atoms with Crippen LogP contribution >= 0.6 is 34.8 Å². The van der Waals surface area contributed by atoms with Crippen LogP contribution < -0.4 is 5.32 Å². The maximum Gasteiger partial charge on any atom is 0.270 e. The van der Waals surface area contributed by atoms with Gasteiger partial charge in [0, 0.05) is 24.5 Å². The Labute approximate surface area is 188 Å². The molecule has 2 heterocycles. The lowest BCUT2D eigenvalue weighted by Crippen LogP contribution is -2.25. The molecule has 4 rings (SSSR count). The lowest BCUT2D eigenvalue weighted by molar-refractivity contribution is 0.0943. The zero-order valence-corrected chi connectivity index (χ0v) is 17.8. The number of hydrogen-bond acceptors (Lipinski definition) is 3. The fourth-order valence-electron chi connectivity index (χ4n) is 2.93. The molecule has 2 aromatic heterocycles. The maximum atomic E-state index is 13.0. The number of hydrogen-bond donors (Lipinski definition) is 1. The van der Waals surface area contributed by atoms with Gasteiger partial charge in [0.15, 0.2) is 0 Å². The van der Waals surface area contributed by atoms with Gasteiger partial charge in [0.2, 0.25) is 0 Å². The smallest absolute Gasteiger partial charge is 0.270 e. The van der Waals surface area contributed by atoms with Crippen LogP contribution in [0.5, 0.6) is 0 Å². The molecule has 0 aliphatic heterocycles. The summed E-state index contributed by atoms with van der Waals surface area (Å²) in [6, 6.07) is 17.8. The summed E-state index contributed by atoms with van der Waals surface area (Å²) < 4.78 is 1.53. The van der Waals surface area contributed by atoms with E-state index in [1.807, 2.05) is 30.3 Å². The van der Waals surface area contributed by atoms with Crippen molar-refractivity contribution in [3.05, 3.63) is 99.4 Å². The molecule has 30 heavy (non-hydrogen) atoms. The van der Waals surface area contributed by atoms with Gasteiger partial charge in [-0.15, -0.1) is 0 Å². The summed E-state index contributed by atoms with van der Waals surface area (Å²) in [5, 5.41) is 8.84. The van der Waals surface area contributed by atoms with E-state index in [1.54, 1.807) is 42.7 Å². The summed E-state index contributed by atoms with van der Waals surface area (Å²) in [5.41, 5.74) is 3.12. The second-order valence-electron chi connectivity index (χ2n) is 6.45. The molecule has 0 saturated heterocycles. The van der Waals surface area contributed by atoms with E-state index in [9.17, 15) is 4.79 Å². The van der Waals surface area contributed by atoms with Crippen LogP contribution in [0.3, 0.4) is 0 Å². The highest BCUT2D eigenvalue weighted by Crippen LogP contribution is 2.30. The van der Waals surface area contributed by atoms with Crippen molar-refractivity contribution in [1.29, 1.82) is 0 Å². The predicted molar refractivity (Wildman–Crippen MR) is 119 cm³/mol. The van der Waals surface area contributed by atoms with E-state index in [0.29, 0.717) is 38.7 Å². The lowest BCUT2D eigenvalue weighted by atomic mass is 10.1.